The van der Waals surface area contributed by atoms with Crippen LogP contribution < -0.4 is 4.74 Å². The van der Waals surface area contributed by atoms with Crippen LogP contribution in [-0.4, -0.2) is 21.9 Å². The van der Waals surface area contributed by atoms with Gasteiger partial charge in [-0.3, -0.25) is 0 Å². The lowest BCUT2D eigenvalue weighted by Crippen LogP contribution is -2.05. The summed E-state index contributed by atoms with van der Waals surface area (Å²) in [7, 11) is 0. The number of aromatic hydroxyl groups is 1. The summed E-state index contributed by atoms with van der Waals surface area (Å²) >= 11 is 6.09. The molecule has 3 aromatic rings. The van der Waals surface area contributed by atoms with E-state index in [4.69, 9.17) is 20.8 Å². The van der Waals surface area contributed by atoms with E-state index in [0.29, 0.717) is 27.7 Å². The first-order valence-corrected chi connectivity index (χ1v) is 9.89. The molecule has 6 heteroatoms. The Kier molecular flexibility index (Phi) is 7.77. The van der Waals surface area contributed by atoms with E-state index < -0.39 is 12.2 Å². The summed E-state index contributed by atoms with van der Waals surface area (Å²) in [6.45, 7) is 0.230. The first-order valence-electron chi connectivity index (χ1n) is 9.51. The van der Waals surface area contributed by atoms with Crippen molar-refractivity contribution in [1.29, 1.82) is 0 Å². The summed E-state index contributed by atoms with van der Waals surface area (Å²) in [5.74, 6) is 1.21. The Morgan fingerprint density at radius 1 is 1.07 bits per heavy atom. The number of rotatable bonds is 9. The van der Waals surface area contributed by atoms with Gasteiger partial charge in [-0.25, -0.2) is 0 Å². The number of aliphatic hydroxyl groups is 2. The van der Waals surface area contributed by atoms with Gasteiger partial charge >= 0.3 is 0 Å². The summed E-state index contributed by atoms with van der Waals surface area (Å²) < 4.78 is 11.1. The monoisotopic (exact) mass is 426 g/mol. The molecule has 5 nitrogen and oxygen atoms in total. The molecule has 0 radical (unpaired) electrons. The van der Waals surface area contributed by atoms with Crippen molar-refractivity contribution in [3.63, 3.8) is 0 Å². The molecule has 0 amide bonds. The Morgan fingerprint density at radius 2 is 1.87 bits per heavy atom. The largest absolute Gasteiger partial charge is 0.508 e. The molecule has 0 unspecified atom stereocenters. The molecular formula is C24H23ClO5. The summed E-state index contributed by atoms with van der Waals surface area (Å²) in [4.78, 5) is 0. The van der Waals surface area contributed by atoms with Gasteiger partial charge in [0.05, 0.1) is 17.4 Å². The average Bonchev–Trinajstić information content (AvgIpc) is 3.27. The van der Waals surface area contributed by atoms with Crippen LogP contribution in [0.1, 0.15) is 36.4 Å². The number of hydrogen-bond donors (Lipinski definition) is 3. The minimum Gasteiger partial charge on any atom is -0.508 e. The van der Waals surface area contributed by atoms with Crippen molar-refractivity contribution < 1.29 is 24.5 Å². The van der Waals surface area contributed by atoms with Gasteiger partial charge in [0, 0.05) is 18.4 Å². The second-order valence-electron chi connectivity index (χ2n) is 6.75. The highest BCUT2D eigenvalue weighted by atomic mass is 35.5. The van der Waals surface area contributed by atoms with E-state index in [0.717, 1.165) is 0 Å². The fourth-order valence-electron chi connectivity index (χ4n) is 2.89. The molecule has 1 aromatic heterocycles. The van der Waals surface area contributed by atoms with Gasteiger partial charge in [0.15, 0.2) is 0 Å². The highest BCUT2D eigenvalue weighted by Gasteiger charge is 2.14. The number of ether oxygens (including phenoxy) is 1. The highest BCUT2D eigenvalue weighted by molar-refractivity contribution is 6.31. The van der Waals surface area contributed by atoms with Crippen LogP contribution in [0, 0.1) is 0 Å². The lowest BCUT2D eigenvalue weighted by molar-refractivity contribution is 0.146. The summed E-state index contributed by atoms with van der Waals surface area (Å²) in [5, 5.41) is 30.6. The topological polar surface area (TPSA) is 83.1 Å². The Morgan fingerprint density at radius 3 is 2.57 bits per heavy atom. The number of aliphatic hydroxyl groups excluding tert-OH is 2. The summed E-state index contributed by atoms with van der Waals surface area (Å²) in [6, 6.07) is 17.2. The van der Waals surface area contributed by atoms with Crippen LogP contribution in [0.5, 0.6) is 11.5 Å². The standard InChI is InChI=1S/C24H23ClO5/c25-21-15-18(26)11-12-20(21)22(27)9-4-6-17(14-23(28)24-10-5-13-29-24)16-30-19-7-2-1-3-8-19/h1-5,7-8,10-13,15,22-23,26-28H,9,14,16H2/t6?,22-,23-/m1/s1. The van der Waals surface area contributed by atoms with Crippen molar-refractivity contribution in [2.75, 3.05) is 6.61 Å². The van der Waals surface area contributed by atoms with Gasteiger partial charge in [-0.2, -0.15) is 0 Å². The van der Waals surface area contributed by atoms with Gasteiger partial charge < -0.3 is 24.5 Å². The molecule has 0 fully saturated rings. The molecule has 0 aliphatic heterocycles. The summed E-state index contributed by atoms with van der Waals surface area (Å²) in [6.07, 6.45) is 2.05. The molecule has 1 heterocycles. The van der Waals surface area contributed by atoms with E-state index in [-0.39, 0.29) is 25.2 Å². The first-order chi connectivity index (χ1) is 14.5. The van der Waals surface area contributed by atoms with Crippen LogP contribution in [0.15, 0.2) is 88.7 Å². The molecule has 2 aromatic carbocycles. The molecule has 0 bridgehead atoms. The Hall–Kier alpha value is -2.95. The minimum atomic E-state index is -0.850. The van der Waals surface area contributed by atoms with E-state index >= 15 is 0 Å². The smallest absolute Gasteiger partial charge is 0.132 e. The van der Waals surface area contributed by atoms with Crippen LogP contribution in [-0.2, 0) is 0 Å². The zero-order chi connectivity index (χ0) is 21.3. The molecular weight excluding hydrogens is 404 g/mol. The van der Waals surface area contributed by atoms with Gasteiger partial charge in [-0.05, 0) is 48.0 Å². The van der Waals surface area contributed by atoms with Gasteiger partial charge in [-0.15, -0.1) is 5.73 Å². The van der Waals surface area contributed by atoms with E-state index in [1.165, 1.54) is 18.4 Å². The number of hydrogen-bond acceptors (Lipinski definition) is 5. The van der Waals surface area contributed by atoms with Crippen LogP contribution in [0.4, 0.5) is 0 Å². The van der Waals surface area contributed by atoms with Crippen molar-refractivity contribution in [2.24, 2.45) is 0 Å². The number of phenols is 1. The lowest BCUT2D eigenvalue weighted by Gasteiger charge is -2.12. The summed E-state index contributed by atoms with van der Waals surface area (Å²) in [5.41, 5.74) is 4.36. The molecule has 0 saturated carbocycles. The van der Waals surface area contributed by atoms with Gasteiger partial charge in [0.25, 0.3) is 0 Å². The first kappa shape index (κ1) is 21.8. The predicted octanol–water partition coefficient (Wildman–Crippen LogP) is 5.35. The van der Waals surface area contributed by atoms with Crippen LogP contribution in [0.2, 0.25) is 5.02 Å². The molecule has 3 rings (SSSR count). The van der Waals surface area contributed by atoms with Crippen LogP contribution >= 0.6 is 11.6 Å². The van der Waals surface area contributed by atoms with E-state index in [2.05, 4.69) is 5.73 Å². The average molecular weight is 427 g/mol. The molecule has 0 aliphatic carbocycles. The second-order valence-corrected chi connectivity index (χ2v) is 7.15. The quantitative estimate of drug-likeness (QED) is 0.402. The van der Waals surface area contributed by atoms with Crippen LogP contribution in [0.3, 0.4) is 0 Å². The molecule has 0 saturated heterocycles. The second kappa shape index (κ2) is 10.7. The van der Waals surface area contributed by atoms with E-state index in [9.17, 15) is 15.3 Å². The highest BCUT2D eigenvalue weighted by Crippen LogP contribution is 2.29. The lowest BCUT2D eigenvalue weighted by atomic mass is 10.0. The minimum absolute atomic E-state index is 0.0404. The fraction of sp³-hybridized carbons (Fsp3) is 0.208. The van der Waals surface area contributed by atoms with Gasteiger partial charge in [0.1, 0.15) is 30.0 Å². The molecule has 30 heavy (non-hydrogen) atoms. The number of para-hydroxylation sites is 1. The number of furan rings is 1. The van der Waals surface area contributed by atoms with Crippen LogP contribution in [0.25, 0.3) is 0 Å². The Balaban J connectivity index is 1.72. The zero-order valence-electron chi connectivity index (χ0n) is 16.2. The number of phenolic OH excluding ortho intramolecular Hbond substituents is 1. The van der Waals surface area contributed by atoms with Crippen molar-refractivity contribution in [3.05, 3.63) is 101 Å². The van der Waals surface area contributed by atoms with Gasteiger partial charge in [0.2, 0.25) is 0 Å². The predicted molar refractivity (Wildman–Crippen MR) is 115 cm³/mol. The molecule has 3 N–H and O–H groups in total. The molecule has 0 spiro atoms. The maximum atomic E-state index is 10.4. The third-order valence-electron chi connectivity index (χ3n) is 4.46. The van der Waals surface area contributed by atoms with Gasteiger partial charge in [-0.1, -0.05) is 35.9 Å². The van der Waals surface area contributed by atoms with E-state index in [1.807, 2.05) is 30.3 Å². The van der Waals surface area contributed by atoms with E-state index in [1.54, 1.807) is 24.3 Å². The zero-order valence-corrected chi connectivity index (χ0v) is 17.0. The maximum absolute atomic E-state index is 10.4. The number of halogens is 1. The third-order valence-corrected chi connectivity index (χ3v) is 4.79. The van der Waals surface area contributed by atoms with Crippen molar-refractivity contribution in [1.82, 2.24) is 0 Å². The maximum Gasteiger partial charge on any atom is 0.132 e. The van der Waals surface area contributed by atoms with Crippen molar-refractivity contribution in [3.8, 4) is 11.5 Å². The van der Waals surface area contributed by atoms with Crippen molar-refractivity contribution in [2.45, 2.75) is 25.0 Å². The SMILES string of the molecule is Oc1ccc([C@H](O)CC=C=C(COc2ccccc2)C[C@@H](O)c2ccco2)c(Cl)c1. The normalized spacial score (nSPS) is 12.6. The molecule has 156 valence electrons. The number of benzene rings is 2. The molecule has 2 atom stereocenters. The fourth-order valence-corrected chi connectivity index (χ4v) is 3.19. The Labute approximate surface area is 180 Å². The van der Waals surface area contributed by atoms with Crippen molar-refractivity contribution >= 4 is 11.6 Å². The molecule has 0 aliphatic rings. The third kappa shape index (κ3) is 6.28. The Bertz CT molecular complexity index is 992.